The molecule has 100 valence electrons. The van der Waals surface area contributed by atoms with E-state index in [2.05, 4.69) is 6.92 Å². The Bertz CT molecular complexity index is 549. The molecule has 0 aliphatic rings. The standard InChI is InChI=1S/C16H19NO2/c1-11(8-12-2-4-14(17)5-3-12)9-13-10-15(18)6-7-16(13)19/h2-7,10-11,18-19H,8-9,17H2,1H3. The molecule has 0 spiro atoms. The smallest absolute Gasteiger partial charge is 0.119 e. The van der Waals surface area contributed by atoms with Gasteiger partial charge in [0.2, 0.25) is 0 Å². The zero-order valence-corrected chi connectivity index (χ0v) is 11.0. The van der Waals surface area contributed by atoms with Gasteiger partial charge in [0.15, 0.2) is 0 Å². The summed E-state index contributed by atoms with van der Waals surface area (Å²) in [6, 6.07) is 12.5. The van der Waals surface area contributed by atoms with Crippen LogP contribution in [0.5, 0.6) is 11.5 Å². The Morgan fingerprint density at radius 2 is 1.68 bits per heavy atom. The molecule has 2 aromatic rings. The summed E-state index contributed by atoms with van der Waals surface area (Å²) in [6.07, 6.45) is 1.64. The van der Waals surface area contributed by atoms with Crippen LogP contribution in [0.2, 0.25) is 0 Å². The fraction of sp³-hybridized carbons (Fsp3) is 0.250. The van der Waals surface area contributed by atoms with Crippen LogP contribution in [0.3, 0.4) is 0 Å². The lowest BCUT2D eigenvalue weighted by Gasteiger charge is -2.13. The van der Waals surface area contributed by atoms with Crippen LogP contribution in [0.4, 0.5) is 5.69 Å². The molecule has 0 aliphatic carbocycles. The van der Waals surface area contributed by atoms with Gasteiger partial charge in [-0.2, -0.15) is 0 Å². The maximum atomic E-state index is 9.76. The zero-order valence-electron chi connectivity index (χ0n) is 11.0. The van der Waals surface area contributed by atoms with Gasteiger partial charge in [-0.25, -0.2) is 0 Å². The number of aromatic hydroxyl groups is 2. The van der Waals surface area contributed by atoms with Crippen molar-refractivity contribution < 1.29 is 10.2 Å². The van der Waals surface area contributed by atoms with Crippen LogP contribution in [0, 0.1) is 5.92 Å². The fourth-order valence-electron chi connectivity index (χ4n) is 2.24. The molecule has 3 nitrogen and oxygen atoms in total. The van der Waals surface area contributed by atoms with E-state index in [0.29, 0.717) is 5.92 Å². The van der Waals surface area contributed by atoms with E-state index in [1.165, 1.54) is 17.7 Å². The average molecular weight is 257 g/mol. The van der Waals surface area contributed by atoms with Gasteiger partial charge in [0.1, 0.15) is 11.5 Å². The van der Waals surface area contributed by atoms with Gasteiger partial charge in [0.05, 0.1) is 0 Å². The van der Waals surface area contributed by atoms with E-state index in [-0.39, 0.29) is 11.5 Å². The second-order valence-corrected chi connectivity index (χ2v) is 5.07. The highest BCUT2D eigenvalue weighted by Crippen LogP contribution is 2.25. The molecule has 1 atom stereocenters. The summed E-state index contributed by atoms with van der Waals surface area (Å²) in [5, 5.41) is 19.2. The average Bonchev–Trinajstić information content (AvgIpc) is 2.37. The van der Waals surface area contributed by atoms with E-state index in [1.807, 2.05) is 24.3 Å². The summed E-state index contributed by atoms with van der Waals surface area (Å²) in [4.78, 5) is 0. The lowest BCUT2D eigenvalue weighted by atomic mass is 9.93. The van der Waals surface area contributed by atoms with Crippen LogP contribution in [-0.2, 0) is 12.8 Å². The second-order valence-electron chi connectivity index (χ2n) is 5.07. The van der Waals surface area contributed by atoms with E-state index in [0.717, 1.165) is 24.1 Å². The third kappa shape index (κ3) is 3.65. The number of phenolic OH excluding ortho intramolecular Hbond substituents is 2. The van der Waals surface area contributed by atoms with Gasteiger partial charge < -0.3 is 15.9 Å². The predicted octanol–water partition coefficient (Wildman–Crippen LogP) is 3.10. The maximum absolute atomic E-state index is 9.76. The highest BCUT2D eigenvalue weighted by molar-refractivity contribution is 5.40. The first-order valence-electron chi connectivity index (χ1n) is 6.40. The minimum atomic E-state index is 0.187. The number of phenols is 2. The summed E-state index contributed by atoms with van der Waals surface area (Å²) >= 11 is 0. The first-order valence-corrected chi connectivity index (χ1v) is 6.40. The van der Waals surface area contributed by atoms with Crippen molar-refractivity contribution in [1.29, 1.82) is 0 Å². The Kier molecular flexibility index (Phi) is 3.95. The van der Waals surface area contributed by atoms with Crippen LogP contribution in [0.25, 0.3) is 0 Å². The van der Waals surface area contributed by atoms with Gasteiger partial charge in [0.25, 0.3) is 0 Å². The highest BCUT2D eigenvalue weighted by Gasteiger charge is 2.09. The van der Waals surface area contributed by atoms with Crippen LogP contribution in [-0.4, -0.2) is 10.2 Å². The molecule has 0 heterocycles. The van der Waals surface area contributed by atoms with E-state index in [9.17, 15) is 10.2 Å². The Labute approximate surface area is 113 Å². The quantitative estimate of drug-likeness (QED) is 0.582. The van der Waals surface area contributed by atoms with E-state index in [4.69, 9.17) is 5.73 Å². The molecule has 0 aliphatic heterocycles. The third-order valence-electron chi connectivity index (χ3n) is 3.20. The number of rotatable bonds is 4. The third-order valence-corrected chi connectivity index (χ3v) is 3.20. The number of nitrogens with two attached hydrogens (primary N) is 1. The van der Waals surface area contributed by atoms with Crippen molar-refractivity contribution in [2.24, 2.45) is 5.92 Å². The Balaban J connectivity index is 2.02. The van der Waals surface area contributed by atoms with Gasteiger partial charge >= 0.3 is 0 Å². The minimum absolute atomic E-state index is 0.187. The summed E-state index contributed by atoms with van der Waals surface area (Å²) in [7, 11) is 0. The van der Waals surface area contributed by atoms with Crippen molar-refractivity contribution in [2.75, 3.05) is 5.73 Å². The molecule has 0 saturated carbocycles. The maximum Gasteiger partial charge on any atom is 0.119 e. The normalized spacial score (nSPS) is 12.3. The molecule has 0 radical (unpaired) electrons. The predicted molar refractivity (Wildman–Crippen MR) is 77.2 cm³/mol. The molecule has 3 heteroatoms. The van der Waals surface area contributed by atoms with Crippen LogP contribution in [0.1, 0.15) is 18.1 Å². The van der Waals surface area contributed by atoms with Crippen molar-refractivity contribution in [1.82, 2.24) is 0 Å². The molecule has 0 bridgehead atoms. The van der Waals surface area contributed by atoms with Crippen molar-refractivity contribution in [3.05, 3.63) is 53.6 Å². The summed E-state index contributed by atoms with van der Waals surface area (Å²) in [5.41, 5.74) is 8.43. The Morgan fingerprint density at radius 3 is 2.37 bits per heavy atom. The molecule has 0 fully saturated rings. The lowest BCUT2D eigenvalue weighted by Crippen LogP contribution is -2.04. The molecule has 0 aromatic heterocycles. The van der Waals surface area contributed by atoms with Gasteiger partial charge in [-0.05, 0) is 60.2 Å². The van der Waals surface area contributed by atoms with Crippen LogP contribution >= 0.6 is 0 Å². The van der Waals surface area contributed by atoms with Gasteiger partial charge in [-0.1, -0.05) is 19.1 Å². The fourth-order valence-corrected chi connectivity index (χ4v) is 2.24. The molecule has 2 rings (SSSR count). The topological polar surface area (TPSA) is 66.5 Å². The Hall–Kier alpha value is -2.16. The van der Waals surface area contributed by atoms with Crippen LogP contribution in [0.15, 0.2) is 42.5 Å². The first kappa shape index (κ1) is 13.3. The summed E-state index contributed by atoms with van der Waals surface area (Å²) < 4.78 is 0. The van der Waals surface area contributed by atoms with Crippen molar-refractivity contribution in [2.45, 2.75) is 19.8 Å². The van der Waals surface area contributed by atoms with Gasteiger partial charge in [0, 0.05) is 5.69 Å². The van der Waals surface area contributed by atoms with Gasteiger partial charge in [-0.3, -0.25) is 0 Å². The van der Waals surface area contributed by atoms with Crippen molar-refractivity contribution in [3.63, 3.8) is 0 Å². The van der Waals surface area contributed by atoms with E-state index in [1.54, 1.807) is 6.07 Å². The molecule has 0 amide bonds. The lowest BCUT2D eigenvalue weighted by molar-refractivity contribution is 0.446. The molecule has 1 unspecified atom stereocenters. The number of nitrogen functional groups attached to an aromatic ring is 1. The van der Waals surface area contributed by atoms with Gasteiger partial charge in [-0.15, -0.1) is 0 Å². The zero-order chi connectivity index (χ0) is 13.8. The molecule has 0 saturated heterocycles. The van der Waals surface area contributed by atoms with E-state index < -0.39 is 0 Å². The molecule has 19 heavy (non-hydrogen) atoms. The van der Waals surface area contributed by atoms with E-state index >= 15 is 0 Å². The second kappa shape index (κ2) is 5.65. The number of benzene rings is 2. The highest BCUT2D eigenvalue weighted by atomic mass is 16.3. The molecular formula is C16H19NO2. The Morgan fingerprint density at radius 1 is 1.00 bits per heavy atom. The molecule has 4 N–H and O–H groups in total. The number of hydrogen-bond acceptors (Lipinski definition) is 3. The summed E-state index contributed by atoms with van der Waals surface area (Å²) in [5.74, 6) is 0.797. The first-order chi connectivity index (χ1) is 9.04. The molecule has 2 aromatic carbocycles. The SMILES string of the molecule is CC(Cc1ccc(N)cc1)Cc1cc(O)ccc1O. The van der Waals surface area contributed by atoms with Crippen LogP contribution < -0.4 is 5.73 Å². The largest absolute Gasteiger partial charge is 0.508 e. The summed E-state index contributed by atoms with van der Waals surface area (Å²) in [6.45, 7) is 2.12. The molecular weight excluding hydrogens is 238 g/mol. The monoisotopic (exact) mass is 257 g/mol. The number of anilines is 1. The number of hydrogen-bond donors (Lipinski definition) is 3. The van der Waals surface area contributed by atoms with Crippen molar-refractivity contribution >= 4 is 5.69 Å². The minimum Gasteiger partial charge on any atom is -0.508 e. The van der Waals surface area contributed by atoms with Crippen molar-refractivity contribution in [3.8, 4) is 11.5 Å².